The van der Waals surface area contributed by atoms with E-state index in [0.717, 1.165) is 35.9 Å². The van der Waals surface area contributed by atoms with Gasteiger partial charge in [-0.1, -0.05) is 24.3 Å². The number of aromatic nitrogens is 1. The van der Waals surface area contributed by atoms with Gasteiger partial charge in [0, 0.05) is 16.6 Å². The second-order valence-electron chi connectivity index (χ2n) is 6.85. The number of halogens is 1. The van der Waals surface area contributed by atoms with Gasteiger partial charge in [-0.15, -0.1) is 0 Å². The lowest BCUT2D eigenvalue weighted by Crippen LogP contribution is -2.13. The minimum absolute atomic E-state index is 0.101. The van der Waals surface area contributed by atoms with Crippen molar-refractivity contribution in [1.29, 1.82) is 0 Å². The lowest BCUT2D eigenvalue weighted by Gasteiger charge is -2.11. The van der Waals surface area contributed by atoms with Gasteiger partial charge in [0.15, 0.2) is 11.6 Å². The molecule has 0 unspecified atom stereocenters. The smallest absolute Gasteiger partial charge is 0.255 e. The molecule has 1 aromatic heterocycles. The standard InChI is InChI=1S/C24H25FN2O2/c1-3-4-5-6-7-15-29-22-10-8-9-21(23(22)25)27-24(28)19-13-14-20-18(16-19)12-11-17(2)26-20/h3-4,8-14,16H,5-7,15H2,1-2H3,(H,27,28). The number of anilines is 1. The van der Waals surface area contributed by atoms with Crippen LogP contribution in [0.3, 0.4) is 0 Å². The first kappa shape index (κ1) is 20.5. The Morgan fingerprint density at radius 2 is 2.03 bits per heavy atom. The van der Waals surface area contributed by atoms with Crippen LogP contribution in [0.15, 0.2) is 60.7 Å². The van der Waals surface area contributed by atoms with Crippen LogP contribution in [0.5, 0.6) is 5.75 Å². The van der Waals surface area contributed by atoms with Gasteiger partial charge in [-0.25, -0.2) is 4.39 Å². The molecule has 0 fully saturated rings. The number of carbonyl (C=O) groups is 1. The number of carbonyl (C=O) groups excluding carboxylic acids is 1. The summed E-state index contributed by atoms with van der Waals surface area (Å²) in [6.45, 7) is 4.34. The Kier molecular flexibility index (Phi) is 6.95. The number of rotatable bonds is 8. The SMILES string of the molecule is CC=CCCCCOc1cccc(NC(=O)c2ccc3nc(C)ccc3c2)c1F. The maximum absolute atomic E-state index is 14.7. The molecule has 0 radical (unpaired) electrons. The molecule has 1 heterocycles. The zero-order valence-corrected chi connectivity index (χ0v) is 16.7. The Labute approximate surface area is 170 Å². The van der Waals surface area contributed by atoms with Crippen LogP contribution in [-0.4, -0.2) is 17.5 Å². The molecular formula is C24H25FN2O2. The van der Waals surface area contributed by atoms with E-state index in [2.05, 4.69) is 16.4 Å². The van der Waals surface area contributed by atoms with Crippen LogP contribution in [0.1, 0.15) is 42.2 Å². The molecule has 0 bridgehead atoms. The number of hydrogen-bond acceptors (Lipinski definition) is 3. The first-order valence-electron chi connectivity index (χ1n) is 9.79. The van der Waals surface area contributed by atoms with E-state index in [-0.39, 0.29) is 17.3 Å². The van der Waals surface area contributed by atoms with Gasteiger partial charge in [-0.3, -0.25) is 9.78 Å². The fraction of sp³-hybridized carbons (Fsp3) is 0.250. The Bertz CT molecular complexity index is 1030. The molecule has 2 aromatic carbocycles. The van der Waals surface area contributed by atoms with Crippen molar-refractivity contribution in [3.63, 3.8) is 0 Å². The highest BCUT2D eigenvalue weighted by Gasteiger charge is 2.14. The normalized spacial score (nSPS) is 11.1. The van der Waals surface area contributed by atoms with Crippen LogP contribution in [0.25, 0.3) is 10.9 Å². The maximum Gasteiger partial charge on any atom is 0.255 e. The topological polar surface area (TPSA) is 51.2 Å². The summed E-state index contributed by atoms with van der Waals surface area (Å²) in [5.41, 5.74) is 2.27. The molecule has 0 aliphatic carbocycles. The van der Waals surface area contributed by atoms with Crippen molar-refractivity contribution in [2.75, 3.05) is 11.9 Å². The molecule has 0 saturated carbocycles. The van der Waals surface area contributed by atoms with Gasteiger partial charge in [0.25, 0.3) is 5.91 Å². The predicted octanol–water partition coefficient (Wildman–Crippen LogP) is 6.06. The number of amides is 1. The average Bonchev–Trinajstić information content (AvgIpc) is 2.72. The summed E-state index contributed by atoms with van der Waals surface area (Å²) in [4.78, 5) is 17.0. The molecule has 1 amide bonds. The quantitative estimate of drug-likeness (QED) is 0.374. The van der Waals surface area contributed by atoms with Crippen molar-refractivity contribution in [1.82, 2.24) is 4.98 Å². The molecule has 3 aromatic rings. The maximum atomic E-state index is 14.7. The van der Waals surface area contributed by atoms with Crippen molar-refractivity contribution in [2.45, 2.75) is 33.1 Å². The molecule has 0 spiro atoms. The highest BCUT2D eigenvalue weighted by atomic mass is 19.1. The number of allylic oxidation sites excluding steroid dienone is 2. The summed E-state index contributed by atoms with van der Waals surface area (Å²) < 4.78 is 20.3. The summed E-state index contributed by atoms with van der Waals surface area (Å²) >= 11 is 0. The Morgan fingerprint density at radius 3 is 2.86 bits per heavy atom. The van der Waals surface area contributed by atoms with E-state index in [1.165, 1.54) is 6.07 Å². The molecule has 150 valence electrons. The Morgan fingerprint density at radius 1 is 1.17 bits per heavy atom. The minimum Gasteiger partial charge on any atom is -0.490 e. The van der Waals surface area contributed by atoms with Crippen molar-refractivity contribution in [2.24, 2.45) is 0 Å². The summed E-state index contributed by atoms with van der Waals surface area (Å²) in [5.74, 6) is -0.797. The van der Waals surface area contributed by atoms with Gasteiger partial charge in [0.2, 0.25) is 0 Å². The van der Waals surface area contributed by atoms with Gasteiger partial charge in [-0.05, 0) is 69.5 Å². The van der Waals surface area contributed by atoms with Gasteiger partial charge < -0.3 is 10.1 Å². The zero-order valence-electron chi connectivity index (χ0n) is 16.7. The predicted molar refractivity (Wildman–Crippen MR) is 115 cm³/mol. The fourth-order valence-electron chi connectivity index (χ4n) is 3.00. The van der Waals surface area contributed by atoms with Crippen molar-refractivity contribution >= 4 is 22.5 Å². The summed E-state index contributed by atoms with van der Waals surface area (Å²) in [6, 6.07) is 13.8. The first-order chi connectivity index (χ1) is 14.1. The molecule has 0 atom stereocenters. The molecular weight excluding hydrogens is 367 g/mol. The molecule has 0 aliphatic rings. The number of unbranched alkanes of at least 4 members (excludes halogenated alkanes) is 2. The number of pyridine rings is 1. The van der Waals surface area contributed by atoms with Gasteiger partial charge in [0.05, 0.1) is 17.8 Å². The fourth-order valence-corrected chi connectivity index (χ4v) is 3.00. The van der Waals surface area contributed by atoms with Crippen molar-refractivity contribution in [3.05, 3.63) is 77.8 Å². The number of benzene rings is 2. The molecule has 4 nitrogen and oxygen atoms in total. The van der Waals surface area contributed by atoms with Crippen molar-refractivity contribution in [3.8, 4) is 5.75 Å². The Balaban J connectivity index is 1.66. The zero-order chi connectivity index (χ0) is 20.6. The molecule has 5 heteroatoms. The van der Waals surface area contributed by atoms with Crippen LogP contribution in [0, 0.1) is 12.7 Å². The number of fused-ring (bicyclic) bond motifs is 1. The highest BCUT2D eigenvalue weighted by Crippen LogP contribution is 2.25. The number of nitrogens with one attached hydrogen (secondary N) is 1. The molecule has 0 aliphatic heterocycles. The average molecular weight is 392 g/mol. The van der Waals surface area contributed by atoms with Crippen molar-refractivity contribution < 1.29 is 13.9 Å². The molecule has 1 N–H and O–H groups in total. The van der Waals surface area contributed by atoms with Gasteiger partial charge >= 0.3 is 0 Å². The van der Waals surface area contributed by atoms with Crippen LogP contribution in [0.4, 0.5) is 10.1 Å². The van der Waals surface area contributed by atoms with E-state index < -0.39 is 5.82 Å². The third-order valence-corrected chi connectivity index (χ3v) is 4.56. The number of nitrogens with zero attached hydrogens (tertiary/aromatic N) is 1. The minimum atomic E-state index is -0.563. The van der Waals surface area contributed by atoms with E-state index in [9.17, 15) is 9.18 Å². The van der Waals surface area contributed by atoms with E-state index in [0.29, 0.717) is 12.2 Å². The summed E-state index contributed by atoms with van der Waals surface area (Å²) in [5, 5.41) is 3.50. The lowest BCUT2D eigenvalue weighted by atomic mass is 10.1. The van der Waals surface area contributed by atoms with Crippen LogP contribution < -0.4 is 10.1 Å². The van der Waals surface area contributed by atoms with E-state index in [1.54, 1.807) is 30.3 Å². The molecule has 3 rings (SSSR count). The van der Waals surface area contributed by atoms with Gasteiger partial charge in [-0.2, -0.15) is 0 Å². The first-order valence-corrected chi connectivity index (χ1v) is 9.79. The number of hydrogen-bond donors (Lipinski definition) is 1. The van der Waals surface area contributed by atoms with Crippen LogP contribution in [0.2, 0.25) is 0 Å². The second-order valence-corrected chi connectivity index (χ2v) is 6.85. The lowest BCUT2D eigenvalue weighted by molar-refractivity contribution is 0.102. The number of ether oxygens (including phenoxy) is 1. The summed E-state index contributed by atoms with van der Waals surface area (Å²) in [7, 11) is 0. The van der Waals surface area contributed by atoms with E-state index in [4.69, 9.17) is 4.74 Å². The number of aryl methyl sites for hydroxylation is 1. The largest absolute Gasteiger partial charge is 0.490 e. The monoisotopic (exact) mass is 392 g/mol. The molecule has 0 saturated heterocycles. The second kappa shape index (κ2) is 9.82. The van der Waals surface area contributed by atoms with E-state index >= 15 is 0 Å². The van der Waals surface area contributed by atoms with E-state index in [1.807, 2.05) is 32.1 Å². The molecule has 29 heavy (non-hydrogen) atoms. The third kappa shape index (κ3) is 5.41. The van der Waals surface area contributed by atoms with Crippen LogP contribution in [-0.2, 0) is 0 Å². The van der Waals surface area contributed by atoms with Crippen LogP contribution >= 0.6 is 0 Å². The van der Waals surface area contributed by atoms with Gasteiger partial charge in [0.1, 0.15) is 0 Å². The Hall–Kier alpha value is -3.21. The summed E-state index contributed by atoms with van der Waals surface area (Å²) in [6.07, 6.45) is 6.92. The highest BCUT2D eigenvalue weighted by molar-refractivity contribution is 6.06. The third-order valence-electron chi connectivity index (χ3n) is 4.56.